The molecule has 0 aromatic carbocycles. The van der Waals surface area contributed by atoms with E-state index in [-0.39, 0.29) is 0 Å². The second-order valence-electron chi connectivity index (χ2n) is 9.55. The van der Waals surface area contributed by atoms with Crippen LogP contribution in [0.3, 0.4) is 0 Å². The summed E-state index contributed by atoms with van der Waals surface area (Å²) < 4.78 is 0. The molecule has 0 saturated heterocycles. The smallest absolute Gasteiger partial charge is 0.327 e. The van der Waals surface area contributed by atoms with Crippen molar-refractivity contribution in [2.45, 2.75) is 57.8 Å². The zero-order valence-electron chi connectivity index (χ0n) is 15.8. The van der Waals surface area contributed by atoms with E-state index in [4.69, 9.17) is 5.11 Å². The summed E-state index contributed by atoms with van der Waals surface area (Å²) in [7, 11) is 0. The first-order valence-corrected chi connectivity index (χ1v) is 10.6. The molecule has 5 saturated carbocycles. The molecule has 5 rings (SSSR count). The van der Waals surface area contributed by atoms with Crippen molar-refractivity contribution < 1.29 is 20.1 Å². The van der Waals surface area contributed by atoms with Crippen molar-refractivity contribution in [2.75, 3.05) is 13.2 Å². The largest absolute Gasteiger partial charge is 0.478 e. The molecule has 0 amide bonds. The van der Waals surface area contributed by atoms with Gasteiger partial charge in [-0.2, -0.15) is 0 Å². The van der Waals surface area contributed by atoms with Crippen LogP contribution in [0.2, 0.25) is 0 Å². The third-order valence-corrected chi connectivity index (χ3v) is 9.38. The van der Waals surface area contributed by atoms with Gasteiger partial charge in [-0.25, -0.2) is 4.79 Å². The molecule has 0 aromatic heterocycles. The van der Waals surface area contributed by atoms with Crippen LogP contribution in [0.4, 0.5) is 0 Å². The highest BCUT2D eigenvalue weighted by molar-refractivity contribution is 5.78. The summed E-state index contributed by atoms with van der Waals surface area (Å²) in [4.78, 5) is 9.25. The zero-order valence-corrected chi connectivity index (χ0v) is 15.8. The molecule has 4 bridgehead atoms. The van der Waals surface area contributed by atoms with Gasteiger partial charge in [0.25, 0.3) is 0 Å². The van der Waals surface area contributed by atoms with E-state index < -0.39 is 5.97 Å². The van der Waals surface area contributed by atoms with Gasteiger partial charge in [-0.15, -0.1) is 0 Å². The van der Waals surface area contributed by atoms with Gasteiger partial charge in [-0.05, 0) is 97.7 Å². The van der Waals surface area contributed by atoms with Crippen molar-refractivity contribution in [3.05, 3.63) is 12.7 Å². The highest BCUT2D eigenvalue weighted by Crippen LogP contribution is 2.84. The lowest BCUT2D eigenvalue weighted by Gasteiger charge is -2.58. The van der Waals surface area contributed by atoms with E-state index in [9.17, 15) is 15.0 Å². The minimum Gasteiger partial charge on any atom is -0.478 e. The van der Waals surface area contributed by atoms with Crippen molar-refractivity contribution in [3.8, 4) is 0 Å². The first-order chi connectivity index (χ1) is 12.6. The summed E-state index contributed by atoms with van der Waals surface area (Å²) in [5, 5.41) is 27.4. The number of carboxylic acids is 1. The second kappa shape index (κ2) is 6.63. The van der Waals surface area contributed by atoms with E-state index >= 15 is 0 Å². The fourth-order valence-electron chi connectivity index (χ4n) is 9.34. The minimum atomic E-state index is -0.981. The number of aliphatic hydroxyl groups excluding tert-OH is 2. The maximum atomic E-state index is 9.89. The first-order valence-electron chi connectivity index (χ1n) is 10.6. The molecule has 5 fully saturated rings. The molecule has 0 aliphatic heterocycles. The van der Waals surface area contributed by atoms with Crippen molar-refractivity contribution >= 4 is 5.97 Å². The third-order valence-electron chi connectivity index (χ3n) is 9.38. The summed E-state index contributed by atoms with van der Waals surface area (Å²) >= 11 is 0. The van der Waals surface area contributed by atoms with Gasteiger partial charge < -0.3 is 15.3 Å². The van der Waals surface area contributed by atoms with Gasteiger partial charge in [0.1, 0.15) is 0 Å². The Hall–Kier alpha value is -0.870. The predicted octanol–water partition coefficient (Wildman–Crippen LogP) is 3.48. The number of fused-ring (bicyclic) bond motifs is 12. The number of aliphatic hydroxyl groups is 2. The van der Waals surface area contributed by atoms with Gasteiger partial charge in [0.2, 0.25) is 0 Å². The number of carboxylic acid groups (broad SMARTS) is 1. The maximum absolute atomic E-state index is 9.89. The van der Waals surface area contributed by atoms with Gasteiger partial charge in [-0.3, -0.25) is 0 Å². The molecule has 3 N–H and O–H groups in total. The quantitative estimate of drug-likeness (QED) is 0.517. The van der Waals surface area contributed by atoms with Crippen LogP contribution in [0.15, 0.2) is 12.7 Å². The fraction of sp³-hybridized carbons (Fsp3) is 0.864. The Kier molecular flexibility index (Phi) is 4.71. The Morgan fingerprint density at radius 3 is 2.46 bits per heavy atom. The van der Waals surface area contributed by atoms with E-state index in [0.717, 1.165) is 54.4 Å². The van der Waals surface area contributed by atoms with Crippen molar-refractivity contribution in [1.82, 2.24) is 0 Å². The van der Waals surface area contributed by atoms with Crippen LogP contribution in [0.1, 0.15) is 57.8 Å². The van der Waals surface area contributed by atoms with Crippen LogP contribution in [-0.2, 0) is 4.79 Å². The molecule has 0 aromatic rings. The molecule has 26 heavy (non-hydrogen) atoms. The molecule has 8 atom stereocenters. The topological polar surface area (TPSA) is 77.8 Å². The summed E-state index contributed by atoms with van der Waals surface area (Å²) in [5.41, 5.74) is 0.824. The van der Waals surface area contributed by atoms with Crippen molar-refractivity contribution in [3.63, 3.8) is 0 Å². The van der Waals surface area contributed by atoms with Gasteiger partial charge in [0.05, 0.1) is 0 Å². The lowest BCUT2D eigenvalue weighted by atomic mass is 9.46. The lowest BCUT2D eigenvalue weighted by Crippen LogP contribution is -2.53. The highest BCUT2D eigenvalue weighted by Gasteiger charge is 2.78. The second-order valence-corrected chi connectivity index (χ2v) is 9.55. The molecule has 0 heterocycles. The van der Waals surface area contributed by atoms with Crippen LogP contribution in [-0.4, -0.2) is 34.5 Å². The normalized spacial score (nSPS) is 49.5. The van der Waals surface area contributed by atoms with Gasteiger partial charge in [0.15, 0.2) is 0 Å². The van der Waals surface area contributed by atoms with Crippen molar-refractivity contribution in [2.24, 2.45) is 46.3 Å². The van der Waals surface area contributed by atoms with Crippen LogP contribution in [0.5, 0.6) is 0 Å². The first kappa shape index (κ1) is 18.5. The third kappa shape index (κ3) is 2.18. The predicted molar refractivity (Wildman–Crippen MR) is 99.4 cm³/mol. The SMILES string of the molecule is C=CC(=O)O.OCCC12CC(C3CCCC31)C1C3CCC(C3)C12CCO. The van der Waals surface area contributed by atoms with Crippen LogP contribution in [0.25, 0.3) is 0 Å². The molecule has 0 spiro atoms. The molecular formula is C22H34O4. The molecule has 5 aliphatic rings. The molecule has 4 nitrogen and oxygen atoms in total. The Bertz CT molecular complexity index is 574. The van der Waals surface area contributed by atoms with Crippen LogP contribution >= 0.6 is 0 Å². The van der Waals surface area contributed by atoms with Crippen LogP contribution < -0.4 is 0 Å². The number of carbonyl (C=O) groups is 1. The molecule has 4 heteroatoms. The number of hydrogen-bond acceptors (Lipinski definition) is 3. The number of rotatable bonds is 5. The zero-order chi connectivity index (χ0) is 18.5. The van der Waals surface area contributed by atoms with Crippen molar-refractivity contribution in [1.29, 1.82) is 0 Å². The summed E-state index contributed by atoms with van der Waals surface area (Å²) in [6, 6.07) is 0. The average molecular weight is 363 g/mol. The molecule has 5 aliphatic carbocycles. The highest BCUT2D eigenvalue weighted by atomic mass is 16.4. The van der Waals surface area contributed by atoms with Gasteiger partial charge in [0, 0.05) is 19.3 Å². The number of aliphatic carboxylic acids is 1. The van der Waals surface area contributed by atoms with E-state index in [1.54, 1.807) is 0 Å². The van der Waals surface area contributed by atoms with E-state index in [1.165, 1.54) is 44.9 Å². The lowest BCUT2D eigenvalue weighted by molar-refractivity contribution is -0.131. The van der Waals surface area contributed by atoms with E-state index in [2.05, 4.69) is 6.58 Å². The Balaban J connectivity index is 0.000000301. The Morgan fingerprint density at radius 2 is 1.81 bits per heavy atom. The average Bonchev–Trinajstić information content (AvgIpc) is 3.39. The summed E-state index contributed by atoms with van der Waals surface area (Å²) in [6.07, 6.45) is 12.9. The molecule has 146 valence electrons. The van der Waals surface area contributed by atoms with E-state index in [0.29, 0.717) is 24.0 Å². The molecular weight excluding hydrogens is 328 g/mol. The molecule has 0 radical (unpaired) electrons. The minimum absolute atomic E-state index is 0.368. The summed E-state index contributed by atoms with van der Waals surface area (Å²) in [6.45, 7) is 3.70. The monoisotopic (exact) mass is 362 g/mol. The van der Waals surface area contributed by atoms with Gasteiger partial charge >= 0.3 is 5.97 Å². The summed E-state index contributed by atoms with van der Waals surface area (Å²) in [5.74, 6) is 4.58. The van der Waals surface area contributed by atoms with Crippen LogP contribution in [0, 0.1) is 46.3 Å². The van der Waals surface area contributed by atoms with Gasteiger partial charge in [-0.1, -0.05) is 13.0 Å². The van der Waals surface area contributed by atoms with E-state index in [1.807, 2.05) is 0 Å². The molecule has 8 unspecified atom stereocenters. The Labute approximate surface area is 156 Å². The Morgan fingerprint density at radius 1 is 1.08 bits per heavy atom. The standard InChI is InChI=1S/C19H30O2.C3H4O2/c20-8-6-18-11-15(14-2-1-3-16(14)18)17-12-4-5-13(10-12)19(17,18)7-9-21;1-2-3(4)5/h12-17,20-21H,1-11H2;2H,1H2,(H,4,5). The maximum Gasteiger partial charge on any atom is 0.327 e. The fourth-order valence-corrected chi connectivity index (χ4v) is 9.34. The number of hydrogen-bond donors (Lipinski definition) is 3.